The molecule has 0 nitrogen and oxygen atoms in total. The third kappa shape index (κ3) is 8.21. The van der Waals surface area contributed by atoms with E-state index in [1.807, 2.05) is 0 Å². The Kier molecular flexibility index (Phi) is 10.4. The van der Waals surface area contributed by atoms with Crippen LogP contribution in [0.4, 0.5) is 0 Å². The standard InChI is InChI=1S/H7P9/c1-7(2)6-9(5)8(3)4/h3-5H,1-2H2/q-4. The Morgan fingerprint density at radius 3 is 1.67 bits per heavy atom. The first-order chi connectivity index (χ1) is 4.04. The molecule has 0 aliphatic rings. The van der Waals surface area contributed by atoms with Crippen LogP contribution in [-0.4, -0.2) is 0 Å². The molecule has 0 amide bonds. The zero-order chi connectivity index (χ0) is 7.44. The van der Waals surface area contributed by atoms with Crippen molar-refractivity contribution in [1.82, 2.24) is 0 Å². The van der Waals surface area contributed by atoms with Gasteiger partial charge in [0, 0.05) is 0 Å². The number of hydrogen-bond donors (Lipinski definition) is 0. The van der Waals surface area contributed by atoms with Crippen LogP contribution in [0.15, 0.2) is 0 Å². The average molecular weight is 286 g/mol. The molecular weight excluding hydrogens is 279 g/mol. The van der Waals surface area contributed by atoms with E-state index in [4.69, 9.17) is 0 Å². The van der Waals surface area contributed by atoms with Crippen LogP contribution in [0, 0.1) is 0 Å². The van der Waals surface area contributed by atoms with E-state index < -0.39 is 0 Å². The molecule has 9 heavy (non-hydrogen) atoms. The van der Waals surface area contributed by atoms with E-state index in [-0.39, 0.29) is 21.0 Å². The highest BCUT2D eigenvalue weighted by molar-refractivity contribution is 9.04. The van der Waals surface area contributed by atoms with Crippen LogP contribution >= 0.6 is 73.6 Å². The predicted octanol–water partition coefficient (Wildman–Crippen LogP) is 5.88. The summed E-state index contributed by atoms with van der Waals surface area (Å²) in [7, 11) is 17.9. The molecule has 0 radical (unpaired) electrons. The first-order valence-corrected chi connectivity index (χ1v) is 16.1. The van der Waals surface area contributed by atoms with Crippen LogP contribution in [0.3, 0.4) is 0 Å². The van der Waals surface area contributed by atoms with Gasteiger partial charge in [-0.2, -0.15) is 0 Å². The molecule has 0 aromatic heterocycles. The van der Waals surface area contributed by atoms with E-state index in [2.05, 4.69) is 44.6 Å². The zero-order valence-electron chi connectivity index (χ0n) is 4.44. The zero-order valence-corrected chi connectivity index (χ0v) is 13.3. The molecule has 0 heterocycles. The van der Waals surface area contributed by atoms with Crippen molar-refractivity contribution in [2.45, 2.75) is 0 Å². The summed E-state index contributed by atoms with van der Waals surface area (Å²) in [5.41, 5.74) is 0. The lowest BCUT2D eigenvalue weighted by molar-refractivity contribution is 4.80. The van der Waals surface area contributed by atoms with Gasteiger partial charge >= 0.3 is 0 Å². The Hall–Kier alpha value is 3.87. The molecule has 3 unspecified atom stereocenters. The molecule has 0 N–H and O–H groups in total. The molecule has 0 aliphatic carbocycles. The molecule has 0 spiro atoms. The van der Waals surface area contributed by atoms with E-state index in [0.29, 0.717) is 0 Å². The lowest BCUT2D eigenvalue weighted by Crippen LogP contribution is -1.25. The summed E-state index contributed by atoms with van der Waals surface area (Å²) in [6.07, 6.45) is 0. The Bertz CT molecular complexity index is 62.4. The molecule has 9 heteroatoms. The van der Waals surface area contributed by atoms with Gasteiger partial charge in [0.1, 0.15) is 0 Å². The van der Waals surface area contributed by atoms with Crippen LogP contribution in [0.5, 0.6) is 0 Å². The molecule has 3 atom stereocenters. The van der Waals surface area contributed by atoms with E-state index in [1.54, 1.807) is 0 Å². The summed E-state index contributed by atoms with van der Waals surface area (Å²) >= 11 is 0. The third-order valence-corrected chi connectivity index (χ3v) is 30.6. The SMILES string of the molecule is [PH-]P([PH-])P([PH-])[P-]P(P)P. The molecule has 0 aromatic rings. The minimum Gasteiger partial charge on any atom is -0.558 e. The normalized spacial score (nSPS) is 16.3. The highest BCUT2D eigenvalue weighted by atomic mass is 33.1. The van der Waals surface area contributed by atoms with Crippen LogP contribution < -0.4 is 0 Å². The van der Waals surface area contributed by atoms with Gasteiger partial charge < -0.3 is 48.7 Å². The number of rotatable bonds is 3. The quantitative estimate of drug-likeness (QED) is 0.568. The second-order valence-corrected chi connectivity index (χ2v) is 28.9. The van der Waals surface area contributed by atoms with Crippen molar-refractivity contribution in [3.05, 3.63) is 0 Å². The van der Waals surface area contributed by atoms with Crippen molar-refractivity contribution in [3.63, 3.8) is 0 Å². The van der Waals surface area contributed by atoms with Crippen LogP contribution in [0.25, 0.3) is 0 Å². The Morgan fingerprint density at radius 1 is 1.11 bits per heavy atom. The Labute approximate surface area is 73.6 Å². The smallest absolute Gasteiger partial charge is 0.138 e. The van der Waals surface area contributed by atoms with Gasteiger partial charge in [-0.25, -0.2) is 6.99 Å². The maximum absolute atomic E-state index is 3.66. The average Bonchev–Trinajstić information content (AvgIpc) is 1.63. The molecule has 0 saturated heterocycles. The highest BCUT2D eigenvalue weighted by Gasteiger charge is 1.71. The van der Waals surface area contributed by atoms with Gasteiger partial charge in [0.05, 0.1) is 0 Å². The summed E-state index contributed by atoms with van der Waals surface area (Å²) in [5, 5.41) is 0. The lowest BCUT2D eigenvalue weighted by Gasteiger charge is -2.57. The second-order valence-electron chi connectivity index (χ2n) is 1.07. The molecule has 56 valence electrons. The Balaban J connectivity index is 3.38. The molecule has 0 fully saturated rings. The summed E-state index contributed by atoms with van der Waals surface area (Å²) in [4.78, 5) is 0. The lowest BCUT2D eigenvalue weighted by atomic mass is 28.9. The van der Waals surface area contributed by atoms with Crippen LogP contribution in [-0.2, 0) is 0 Å². The second kappa shape index (κ2) is 7.29. The van der Waals surface area contributed by atoms with E-state index in [9.17, 15) is 0 Å². The van der Waals surface area contributed by atoms with Crippen LogP contribution in [0.2, 0.25) is 0 Å². The summed E-state index contributed by atoms with van der Waals surface area (Å²) in [5.74, 6) is 0. The summed E-state index contributed by atoms with van der Waals surface area (Å²) in [6.45, 7) is -0.0822. The van der Waals surface area contributed by atoms with E-state index in [0.717, 1.165) is 0 Å². The minimum absolute atomic E-state index is 0.0221. The van der Waals surface area contributed by atoms with E-state index in [1.165, 1.54) is 7.96 Å². The number of hydrogen-bond acceptors (Lipinski definition) is 0. The maximum atomic E-state index is 3.66. The first-order valence-electron chi connectivity index (χ1n) is 1.79. The van der Waals surface area contributed by atoms with Gasteiger partial charge in [-0.3, -0.25) is 0 Å². The van der Waals surface area contributed by atoms with Gasteiger partial charge in [-0.15, -0.1) is 17.9 Å². The fourth-order valence-corrected chi connectivity index (χ4v) is 33.5. The molecule has 0 bridgehead atoms. The van der Waals surface area contributed by atoms with Crippen molar-refractivity contribution in [2.24, 2.45) is 0 Å². The largest absolute Gasteiger partial charge is 0.558 e. The predicted molar refractivity (Wildman–Crippen MR) is 72.0 cm³/mol. The van der Waals surface area contributed by atoms with Gasteiger partial charge in [0.25, 0.3) is 0 Å². The first kappa shape index (κ1) is 12.9. The molecule has 0 aliphatic heterocycles. The maximum Gasteiger partial charge on any atom is -0.138 e. The van der Waals surface area contributed by atoms with Gasteiger partial charge in [0.15, 0.2) is 0 Å². The summed E-state index contributed by atoms with van der Waals surface area (Å²) in [6, 6.07) is 0. The fraction of sp³-hybridized carbons (Fsp3) is 0. The third-order valence-electron chi connectivity index (χ3n) is 0.377. The van der Waals surface area contributed by atoms with Gasteiger partial charge in [0.2, 0.25) is 0 Å². The highest BCUT2D eigenvalue weighted by Crippen LogP contribution is 2.98. The van der Waals surface area contributed by atoms with Crippen molar-refractivity contribution in [2.75, 3.05) is 0 Å². The van der Waals surface area contributed by atoms with Gasteiger partial charge in [-0.05, 0) is 0 Å². The van der Waals surface area contributed by atoms with Crippen molar-refractivity contribution in [1.29, 1.82) is 0 Å². The molecular formula is H7P9-4. The summed E-state index contributed by atoms with van der Waals surface area (Å²) < 4.78 is 0. The van der Waals surface area contributed by atoms with E-state index >= 15 is 0 Å². The molecule has 0 rings (SSSR count). The molecule has 0 aromatic carbocycles. The Morgan fingerprint density at radius 2 is 1.56 bits per heavy atom. The van der Waals surface area contributed by atoms with Gasteiger partial charge in [-0.1, -0.05) is 0 Å². The fourth-order valence-electron chi connectivity index (χ4n) is 0.138. The molecule has 0 saturated carbocycles. The van der Waals surface area contributed by atoms with Crippen LogP contribution in [0.1, 0.15) is 0 Å². The van der Waals surface area contributed by atoms with Crippen molar-refractivity contribution >= 4 is 73.6 Å². The monoisotopic (exact) mass is 286 g/mol. The van der Waals surface area contributed by atoms with Crippen molar-refractivity contribution in [3.8, 4) is 0 Å². The topological polar surface area (TPSA) is 0 Å². The minimum atomic E-state index is -0.127. The van der Waals surface area contributed by atoms with Crippen molar-refractivity contribution < 1.29 is 0 Å².